The largest absolute Gasteiger partial charge is 0.0713 e. The summed E-state index contributed by atoms with van der Waals surface area (Å²) in [6.45, 7) is 0. The van der Waals surface area contributed by atoms with Crippen LogP contribution in [0.1, 0.15) is 55.6 Å². The molecule has 0 heteroatoms. The lowest BCUT2D eigenvalue weighted by molar-refractivity contribution is 0.768. The Morgan fingerprint density at radius 3 is 1.26 bits per heavy atom. The van der Waals surface area contributed by atoms with Crippen molar-refractivity contribution in [2.45, 2.75) is 17.3 Å². The van der Waals surface area contributed by atoms with Gasteiger partial charge < -0.3 is 0 Å². The second kappa shape index (κ2) is 13.3. The molecule has 0 bridgehead atoms. The Labute approximate surface area is 335 Å². The van der Waals surface area contributed by atoms with E-state index < -0.39 is 10.8 Å². The highest BCUT2D eigenvalue weighted by Crippen LogP contribution is 2.58. The summed E-state index contributed by atoms with van der Waals surface area (Å²) in [5.74, 6) is 0. The molecule has 9 aromatic carbocycles. The predicted molar refractivity (Wildman–Crippen MR) is 236 cm³/mol. The first-order valence-electron chi connectivity index (χ1n) is 20.1. The topological polar surface area (TPSA) is 0 Å². The van der Waals surface area contributed by atoms with Crippen LogP contribution in [0.15, 0.2) is 231 Å². The molecule has 0 saturated heterocycles. The zero-order chi connectivity index (χ0) is 37.8. The van der Waals surface area contributed by atoms with Crippen LogP contribution in [0.4, 0.5) is 0 Å². The maximum atomic E-state index is 2.46. The number of hydrogen-bond donors (Lipinski definition) is 0. The summed E-state index contributed by atoms with van der Waals surface area (Å²) in [7, 11) is 0. The predicted octanol–water partition coefficient (Wildman–Crippen LogP) is 13.7. The van der Waals surface area contributed by atoms with Gasteiger partial charge in [0.2, 0.25) is 0 Å². The van der Waals surface area contributed by atoms with Crippen LogP contribution in [0.5, 0.6) is 0 Å². The summed E-state index contributed by atoms with van der Waals surface area (Å²) in [5.41, 5.74) is 20.2. The smallest absolute Gasteiger partial charge is 0.0622 e. The molecule has 0 fully saturated rings. The van der Waals surface area contributed by atoms with Crippen molar-refractivity contribution in [1.29, 1.82) is 0 Å². The van der Waals surface area contributed by atoms with Gasteiger partial charge in [0.15, 0.2) is 0 Å². The van der Waals surface area contributed by atoms with Crippen LogP contribution in [0.25, 0.3) is 33.4 Å². The van der Waals surface area contributed by atoms with Gasteiger partial charge >= 0.3 is 0 Å². The van der Waals surface area contributed by atoms with Gasteiger partial charge in [-0.2, -0.15) is 0 Å². The van der Waals surface area contributed by atoms with E-state index >= 15 is 0 Å². The molecular formula is C57H40. The summed E-state index contributed by atoms with van der Waals surface area (Å²) >= 11 is 0. The quantitative estimate of drug-likeness (QED) is 0.154. The van der Waals surface area contributed by atoms with Crippen LogP contribution in [0, 0.1) is 0 Å². The van der Waals surface area contributed by atoms with Crippen LogP contribution in [0.3, 0.4) is 0 Å². The normalized spacial score (nSPS) is 14.0. The molecule has 11 rings (SSSR count). The summed E-state index contributed by atoms with van der Waals surface area (Å²) in [6, 6.07) is 85.7. The Bertz CT molecular complexity index is 2810. The Morgan fingerprint density at radius 2 is 0.702 bits per heavy atom. The lowest BCUT2D eigenvalue weighted by Gasteiger charge is -2.34. The molecular weight excluding hydrogens is 685 g/mol. The molecule has 0 saturated carbocycles. The van der Waals surface area contributed by atoms with Crippen LogP contribution in [0.2, 0.25) is 0 Å². The zero-order valence-corrected chi connectivity index (χ0v) is 31.6. The minimum absolute atomic E-state index is 0.393. The Balaban J connectivity index is 1.01. The average Bonchev–Trinajstić information content (AvgIpc) is 3.77. The first-order valence-corrected chi connectivity index (χ1v) is 20.1. The highest BCUT2D eigenvalue weighted by molar-refractivity contribution is 5.90. The summed E-state index contributed by atoms with van der Waals surface area (Å²) < 4.78 is 0. The highest BCUT2D eigenvalue weighted by atomic mass is 14.5. The Kier molecular flexibility index (Phi) is 7.79. The fourth-order valence-corrected chi connectivity index (χ4v) is 10.4. The first-order chi connectivity index (χ1) is 28.3. The van der Waals surface area contributed by atoms with E-state index in [9.17, 15) is 0 Å². The maximum Gasteiger partial charge on any atom is 0.0713 e. The number of fused-ring (bicyclic) bond motifs is 6. The molecule has 268 valence electrons. The number of hydrogen-bond acceptors (Lipinski definition) is 0. The van der Waals surface area contributed by atoms with E-state index in [0.717, 1.165) is 6.42 Å². The highest BCUT2D eigenvalue weighted by Gasteiger charge is 2.47. The molecule has 0 heterocycles. The van der Waals surface area contributed by atoms with Crippen molar-refractivity contribution in [1.82, 2.24) is 0 Å². The molecule has 0 N–H and O–H groups in total. The van der Waals surface area contributed by atoms with E-state index in [1.54, 1.807) is 0 Å². The molecule has 0 radical (unpaired) electrons. The lowest BCUT2D eigenvalue weighted by Crippen LogP contribution is -2.28. The molecule has 0 atom stereocenters. The second-order valence-corrected chi connectivity index (χ2v) is 15.5. The molecule has 0 nitrogen and oxygen atoms in total. The maximum absolute atomic E-state index is 2.46. The summed E-state index contributed by atoms with van der Waals surface area (Å²) in [5, 5.41) is 0. The van der Waals surface area contributed by atoms with E-state index in [2.05, 4.69) is 231 Å². The fourth-order valence-electron chi connectivity index (χ4n) is 10.4. The molecule has 0 aromatic heterocycles. The van der Waals surface area contributed by atoms with Gasteiger partial charge in [-0.15, -0.1) is 0 Å². The van der Waals surface area contributed by atoms with Crippen molar-refractivity contribution in [2.24, 2.45) is 0 Å². The minimum atomic E-state index is -0.414. The van der Waals surface area contributed by atoms with E-state index in [1.807, 2.05) is 0 Å². The van der Waals surface area contributed by atoms with Gasteiger partial charge in [-0.3, -0.25) is 0 Å². The molecule has 0 amide bonds. The van der Waals surface area contributed by atoms with E-state index in [1.165, 1.54) is 89.0 Å². The van der Waals surface area contributed by atoms with Gasteiger partial charge in [-0.1, -0.05) is 224 Å². The first kappa shape index (κ1) is 33.3. The van der Waals surface area contributed by atoms with Gasteiger partial charge in [0.05, 0.1) is 10.8 Å². The van der Waals surface area contributed by atoms with Gasteiger partial charge in [0.1, 0.15) is 0 Å². The Hall–Kier alpha value is -7.02. The third kappa shape index (κ3) is 4.94. The summed E-state index contributed by atoms with van der Waals surface area (Å²) in [6.07, 6.45) is 0.849. The van der Waals surface area contributed by atoms with E-state index in [-0.39, 0.29) is 0 Å². The molecule has 57 heavy (non-hydrogen) atoms. The third-order valence-corrected chi connectivity index (χ3v) is 12.7. The van der Waals surface area contributed by atoms with Crippen LogP contribution in [-0.2, 0) is 17.3 Å². The molecule has 0 aliphatic heterocycles. The second-order valence-electron chi connectivity index (χ2n) is 15.5. The Morgan fingerprint density at radius 1 is 0.281 bits per heavy atom. The van der Waals surface area contributed by atoms with E-state index in [4.69, 9.17) is 0 Å². The van der Waals surface area contributed by atoms with Crippen molar-refractivity contribution in [2.75, 3.05) is 0 Å². The monoisotopic (exact) mass is 724 g/mol. The SMILES string of the molecule is c1ccc(C2(c3ccccc3)c3ccccc3-c3ccc(-c4ccc(Cc5cccc6c5-c5ccccc5C6(c5ccccc5)c5ccccc5)cc4)cc32)cc1. The number of rotatable bonds is 7. The van der Waals surface area contributed by atoms with Crippen LogP contribution >= 0.6 is 0 Å². The van der Waals surface area contributed by atoms with Gasteiger partial charge in [0.25, 0.3) is 0 Å². The minimum Gasteiger partial charge on any atom is -0.0622 e. The number of benzene rings is 9. The van der Waals surface area contributed by atoms with Gasteiger partial charge in [-0.25, -0.2) is 0 Å². The third-order valence-electron chi connectivity index (χ3n) is 12.7. The lowest BCUT2D eigenvalue weighted by atomic mass is 9.67. The van der Waals surface area contributed by atoms with Crippen molar-refractivity contribution < 1.29 is 0 Å². The van der Waals surface area contributed by atoms with Crippen LogP contribution < -0.4 is 0 Å². The summed E-state index contributed by atoms with van der Waals surface area (Å²) in [4.78, 5) is 0. The van der Waals surface area contributed by atoms with Crippen molar-refractivity contribution >= 4 is 0 Å². The molecule has 9 aromatic rings. The van der Waals surface area contributed by atoms with Crippen molar-refractivity contribution in [3.8, 4) is 33.4 Å². The van der Waals surface area contributed by atoms with Crippen LogP contribution in [-0.4, -0.2) is 0 Å². The molecule has 2 aliphatic carbocycles. The standard InChI is InChI=1S/C57H40/c1-5-19-44(20-6-1)56(45-21-7-2-8-22-45)52-30-16-14-28-50(52)55-43(18-17-31-53(55)56)38-40-32-34-41(35-33-40)42-36-37-49-48-27-13-15-29-51(48)57(54(49)39-42,46-23-9-3-10-24-46)47-25-11-4-12-26-47/h1-37,39H,38H2. The van der Waals surface area contributed by atoms with Gasteiger partial charge in [-0.05, 0) is 102 Å². The molecule has 0 unspecified atom stereocenters. The molecule has 0 spiro atoms. The van der Waals surface area contributed by atoms with Gasteiger partial charge in [0, 0.05) is 0 Å². The van der Waals surface area contributed by atoms with Crippen molar-refractivity contribution in [3.63, 3.8) is 0 Å². The van der Waals surface area contributed by atoms with E-state index in [0.29, 0.717) is 0 Å². The fraction of sp³-hybridized carbons (Fsp3) is 0.0526. The zero-order valence-electron chi connectivity index (χ0n) is 31.6. The van der Waals surface area contributed by atoms with Crippen molar-refractivity contribution in [3.05, 3.63) is 286 Å². The molecule has 2 aliphatic rings. The average molecular weight is 725 g/mol.